The van der Waals surface area contributed by atoms with Gasteiger partial charge in [-0.1, -0.05) is 19.9 Å². The van der Waals surface area contributed by atoms with Gasteiger partial charge in [0.15, 0.2) is 0 Å². The standard InChI is InChI=1S/C13H19N3O/c1-10(2)8-17-16-6-5-11-3-4-12-13(7-11)15-9-14-12/h3-4,7,9-10,16H,5-6,8H2,1-2H3,(H,14,15). The van der Waals surface area contributed by atoms with E-state index in [9.17, 15) is 0 Å². The Morgan fingerprint density at radius 1 is 1.41 bits per heavy atom. The van der Waals surface area contributed by atoms with Crippen molar-refractivity contribution in [3.8, 4) is 0 Å². The molecule has 0 aliphatic carbocycles. The lowest BCUT2D eigenvalue weighted by Crippen LogP contribution is -2.20. The first kappa shape index (κ1) is 12.1. The quantitative estimate of drug-likeness (QED) is 0.594. The van der Waals surface area contributed by atoms with Gasteiger partial charge in [-0.05, 0) is 30.0 Å². The van der Waals surface area contributed by atoms with Crippen LogP contribution in [0.5, 0.6) is 0 Å². The number of fused-ring (bicyclic) bond motifs is 1. The number of nitrogens with zero attached hydrogens (tertiary/aromatic N) is 1. The predicted molar refractivity (Wildman–Crippen MR) is 68.6 cm³/mol. The number of aromatic amines is 1. The molecule has 0 aliphatic heterocycles. The third kappa shape index (κ3) is 3.54. The Balaban J connectivity index is 1.78. The molecule has 0 bridgehead atoms. The summed E-state index contributed by atoms with van der Waals surface area (Å²) in [5.74, 6) is 0.558. The normalized spacial score (nSPS) is 11.5. The van der Waals surface area contributed by atoms with Crippen molar-refractivity contribution in [1.29, 1.82) is 0 Å². The van der Waals surface area contributed by atoms with E-state index in [4.69, 9.17) is 4.84 Å². The first-order valence-electron chi connectivity index (χ1n) is 6.02. The molecule has 0 unspecified atom stereocenters. The van der Waals surface area contributed by atoms with Crippen molar-refractivity contribution in [2.24, 2.45) is 5.92 Å². The van der Waals surface area contributed by atoms with Crippen molar-refractivity contribution in [3.05, 3.63) is 30.1 Å². The van der Waals surface area contributed by atoms with E-state index in [1.807, 2.05) is 0 Å². The maximum Gasteiger partial charge on any atom is 0.0931 e. The van der Waals surface area contributed by atoms with E-state index in [2.05, 4.69) is 47.5 Å². The number of benzene rings is 1. The molecular weight excluding hydrogens is 214 g/mol. The Kier molecular flexibility index (Phi) is 4.12. The third-order valence-corrected chi connectivity index (χ3v) is 2.52. The number of hydroxylamine groups is 1. The van der Waals surface area contributed by atoms with Crippen molar-refractivity contribution in [1.82, 2.24) is 15.4 Å². The molecule has 0 atom stereocenters. The summed E-state index contributed by atoms with van der Waals surface area (Å²) in [4.78, 5) is 12.6. The Morgan fingerprint density at radius 2 is 2.29 bits per heavy atom. The van der Waals surface area contributed by atoms with Crippen LogP contribution in [0.1, 0.15) is 19.4 Å². The molecule has 1 aromatic carbocycles. The monoisotopic (exact) mass is 233 g/mol. The summed E-state index contributed by atoms with van der Waals surface area (Å²) >= 11 is 0. The Bertz CT molecular complexity index is 464. The zero-order valence-electron chi connectivity index (χ0n) is 10.4. The van der Waals surface area contributed by atoms with Gasteiger partial charge in [0.1, 0.15) is 0 Å². The number of imidazole rings is 1. The zero-order chi connectivity index (χ0) is 12.1. The van der Waals surface area contributed by atoms with Crippen LogP contribution in [0.4, 0.5) is 0 Å². The van der Waals surface area contributed by atoms with Crippen LogP contribution < -0.4 is 5.48 Å². The SMILES string of the molecule is CC(C)CONCCc1ccc2[nH]cnc2c1. The molecule has 4 nitrogen and oxygen atoms in total. The minimum Gasteiger partial charge on any atom is -0.345 e. The molecule has 0 saturated heterocycles. The highest BCUT2D eigenvalue weighted by Crippen LogP contribution is 2.11. The summed E-state index contributed by atoms with van der Waals surface area (Å²) in [7, 11) is 0. The van der Waals surface area contributed by atoms with Gasteiger partial charge in [-0.2, -0.15) is 0 Å². The summed E-state index contributed by atoms with van der Waals surface area (Å²) in [5.41, 5.74) is 6.35. The van der Waals surface area contributed by atoms with Crippen LogP contribution >= 0.6 is 0 Å². The van der Waals surface area contributed by atoms with Crippen LogP contribution in [0.2, 0.25) is 0 Å². The third-order valence-electron chi connectivity index (χ3n) is 2.52. The smallest absolute Gasteiger partial charge is 0.0931 e. The number of hydrogen-bond acceptors (Lipinski definition) is 3. The number of nitrogens with one attached hydrogen (secondary N) is 2. The van der Waals surface area contributed by atoms with Crippen LogP contribution in [0.15, 0.2) is 24.5 Å². The van der Waals surface area contributed by atoms with E-state index in [1.54, 1.807) is 6.33 Å². The van der Waals surface area contributed by atoms with Gasteiger partial charge in [0.2, 0.25) is 0 Å². The molecule has 0 spiro atoms. The Morgan fingerprint density at radius 3 is 3.12 bits per heavy atom. The second-order valence-electron chi connectivity index (χ2n) is 4.60. The molecule has 0 fully saturated rings. The van der Waals surface area contributed by atoms with E-state index in [-0.39, 0.29) is 0 Å². The van der Waals surface area contributed by atoms with E-state index in [0.29, 0.717) is 5.92 Å². The fourth-order valence-corrected chi connectivity index (χ4v) is 1.63. The van der Waals surface area contributed by atoms with Crippen LogP contribution in [0.3, 0.4) is 0 Å². The Hall–Kier alpha value is -1.39. The molecule has 2 N–H and O–H groups in total. The fraction of sp³-hybridized carbons (Fsp3) is 0.462. The van der Waals surface area contributed by atoms with Crippen LogP contribution in [-0.2, 0) is 11.3 Å². The van der Waals surface area contributed by atoms with Gasteiger partial charge < -0.3 is 9.82 Å². The van der Waals surface area contributed by atoms with E-state index >= 15 is 0 Å². The molecule has 0 aliphatic rings. The van der Waals surface area contributed by atoms with E-state index in [1.165, 1.54) is 5.56 Å². The number of aromatic nitrogens is 2. The average molecular weight is 233 g/mol. The molecular formula is C13H19N3O. The second kappa shape index (κ2) is 5.80. The Labute approximate surface area is 101 Å². The molecule has 0 saturated carbocycles. The number of rotatable bonds is 6. The first-order valence-corrected chi connectivity index (χ1v) is 6.02. The molecule has 0 amide bonds. The van der Waals surface area contributed by atoms with Crippen molar-refractivity contribution in [2.45, 2.75) is 20.3 Å². The molecule has 2 aromatic rings. The van der Waals surface area contributed by atoms with Gasteiger partial charge in [0.05, 0.1) is 24.0 Å². The summed E-state index contributed by atoms with van der Waals surface area (Å²) in [6.07, 6.45) is 2.67. The highest BCUT2D eigenvalue weighted by Gasteiger charge is 1.99. The lowest BCUT2D eigenvalue weighted by Gasteiger charge is -2.07. The molecule has 17 heavy (non-hydrogen) atoms. The van der Waals surface area contributed by atoms with E-state index < -0.39 is 0 Å². The van der Waals surface area contributed by atoms with Crippen molar-refractivity contribution >= 4 is 11.0 Å². The minimum atomic E-state index is 0.558. The van der Waals surface area contributed by atoms with Crippen molar-refractivity contribution in [2.75, 3.05) is 13.2 Å². The molecule has 2 rings (SSSR count). The molecule has 0 radical (unpaired) electrons. The number of hydrogen-bond donors (Lipinski definition) is 2. The first-order chi connectivity index (χ1) is 8.25. The van der Waals surface area contributed by atoms with Gasteiger partial charge in [0.25, 0.3) is 0 Å². The van der Waals surface area contributed by atoms with Gasteiger partial charge in [-0.15, -0.1) is 0 Å². The maximum absolute atomic E-state index is 5.32. The van der Waals surface area contributed by atoms with Gasteiger partial charge in [0, 0.05) is 6.54 Å². The molecule has 1 aromatic heterocycles. The van der Waals surface area contributed by atoms with Crippen LogP contribution in [0, 0.1) is 5.92 Å². The highest BCUT2D eigenvalue weighted by molar-refractivity contribution is 5.74. The molecule has 4 heteroatoms. The molecule has 1 heterocycles. The summed E-state index contributed by atoms with van der Waals surface area (Å²) in [6.45, 7) is 5.83. The lowest BCUT2D eigenvalue weighted by atomic mass is 10.1. The largest absolute Gasteiger partial charge is 0.345 e. The minimum absolute atomic E-state index is 0.558. The number of H-pyrrole nitrogens is 1. The summed E-state index contributed by atoms with van der Waals surface area (Å²) in [6, 6.07) is 6.28. The highest BCUT2D eigenvalue weighted by atomic mass is 16.6. The van der Waals surface area contributed by atoms with Gasteiger partial charge in [-0.3, -0.25) is 0 Å². The molecule has 92 valence electrons. The second-order valence-corrected chi connectivity index (χ2v) is 4.60. The summed E-state index contributed by atoms with van der Waals surface area (Å²) < 4.78 is 0. The van der Waals surface area contributed by atoms with Gasteiger partial charge >= 0.3 is 0 Å². The van der Waals surface area contributed by atoms with Gasteiger partial charge in [-0.25, -0.2) is 10.5 Å². The maximum atomic E-state index is 5.32. The lowest BCUT2D eigenvalue weighted by molar-refractivity contribution is 0.0247. The zero-order valence-corrected chi connectivity index (χ0v) is 10.4. The summed E-state index contributed by atoms with van der Waals surface area (Å²) in [5, 5.41) is 0. The van der Waals surface area contributed by atoms with Crippen molar-refractivity contribution < 1.29 is 4.84 Å². The topological polar surface area (TPSA) is 49.9 Å². The fourth-order valence-electron chi connectivity index (χ4n) is 1.63. The predicted octanol–water partition coefficient (Wildman–Crippen LogP) is 2.28. The van der Waals surface area contributed by atoms with E-state index in [0.717, 1.165) is 30.6 Å². The van der Waals surface area contributed by atoms with Crippen molar-refractivity contribution in [3.63, 3.8) is 0 Å². The van der Waals surface area contributed by atoms with Crippen LogP contribution in [-0.4, -0.2) is 23.1 Å². The van der Waals surface area contributed by atoms with Crippen LogP contribution in [0.25, 0.3) is 11.0 Å². The average Bonchev–Trinajstić information content (AvgIpc) is 2.75.